The highest BCUT2D eigenvalue weighted by molar-refractivity contribution is 5.36. The Labute approximate surface area is 96.4 Å². The second-order valence-corrected chi connectivity index (χ2v) is 4.53. The summed E-state index contributed by atoms with van der Waals surface area (Å²) >= 11 is 0. The van der Waals surface area contributed by atoms with Crippen molar-refractivity contribution in [2.75, 3.05) is 19.7 Å². The second kappa shape index (κ2) is 4.44. The Hall–Kier alpha value is -1.06. The standard InChI is InChI=1S/C13H19NO2/c1-3-16-12-5-4-11(10(2)6-12)7-13(15)8-14-9-13/h4-6,14-15H,3,7-9H2,1-2H3. The normalized spacial score (nSPS) is 17.9. The molecular formula is C13H19NO2. The number of benzene rings is 1. The lowest BCUT2D eigenvalue weighted by Crippen LogP contribution is -2.60. The predicted molar refractivity (Wildman–Crippen MR) is 63.9 cm³/mol. The maximum Gasteiger partial charge on any atom is 0.119 e. The number of rotatable bonds is 4. The fourth-order valence-electron chi connectivity index (χ4n) is 2.02. The average molecular weight is 221 g/mol. The highest BCUT2D eigenvalue weighted by Gasteiger charge is 2.34. The number of hydrogen-bond acceptors (Lipinski definition) is 3. The molecule has 0 aliphatic carbocycles. The van der Waals surface area contributed by atoms with Crippen molar-refractivity contribution in [1.29, 1.82) is 0 Å². The molecule has 16 heavy (non-hydrogen) atoms. The summed E-state index contributed by atoms with van der Waals surface area (Å²) in [4.78, 5) is 0. The van der Waals surface area contributed by atoms with Gasteiger partial charge in [-0.15, -0.1) is 0 Å². The van der Waals surface area contributed by atoms with Gasteiger partial charge < -0.3 is 15.2 Å². The van der Waals surface area contributed by atoms with Gasteiger partial charge in [-0.3, -0.25) is 0 Å². The molecule has 2 N–H and O–H groups in total. The van der Waals surface area contributed by atoms with Gasteiger partial charge >= 0.3 is 0 Å². The Bertz CT molecular complexity index is 372. The van der Waals surface area contributed by atoms with E-state index in [-0.39, 0.29) is 0 Å². The van der Waals surface area contributed by atoms with E-state index in [4.69, 9.17) is 4.74 Å². The number of aliphatic hydroxyl groups is 1. The smallest absolute Gasteiger partial charge is 0.119 e. The van der Waals surface area contributed by atoms with E-state index in [1.807, 2.05) is 19.1 Å². The van der Waals surface area contributed by atoms with Crippen LogP contribution in [0.4, 0.5) is 0 Å². The third-order valence-corrected chi connectivity index (χ3v) is 3.05. The Morgan fingerprint density at radius 2 is 2.19 bits per heavy atom. The lowest BCUT2D eigenvalue weighted by Gasteiger charge is -2.38. The van der Waals surface area contributed by atoms with Crippen LogP contribution in [-0.4, -0.2) is 30.4 Å². The highest BCUT2D eigenvalue weighted by atomic mass is 16.5. The highest BCUT2D eigenvalue weighted by Crippen LogP contribution is 2.23. The Balaban J connectivity index is 2.09. The number of ether oxygens (including phenoxy) is 1. The van der Waals surface area contributed by atoms with Crippen molar-refractivity contribution in [2.45, 2.75) is 25.9 Å². The molecule has 0 saturated carbocycles. The van der Waals surface area contributed by atoms with Crippen LogP contribution < -0.4 is 10.1 Å². The molecule has 88 valence electrons. The van der Waals surface area contributed by atoms with Crippen LogP contribution in [0.25, 0.3) is 0 Å². The first kappa shape index (κ1) is 11.4. The Morgan fingerprint density at radius 3 is 2.69 bits per heavy atom. The summed E-state index contributed by atoms with van der Waals surface area (Å²) < 4.78 is 5.44. The van der Waals surface area contributed by atoms with Crippen LogP contribution in [0.15, 0.2) is 18.2 Å². The van der Waals surface area contributed by atoms with E-state index in [0.717, 1.165) is 12.2 Å². The molecule has 3 nitrogen and oxygen atoms in total. The van der Waals surface area contributed by atoms with Gasteiger partial charge in [0.1, 0.15) is 5.75 Å². The topological polar surface area (TPSA) is 41.5 Å². The number of β-amino-alcohol motifs (C(OH)–C–C–N with tert-alkyl or cyclic N) is 1. The van der Waals surface area contributed by atoms with E-state index in [1.165, 1.54) is 11.1 Å². The van der Waals surface area contributed by atoms with Crippen molar-refractivity contribution < 1.29 is 9.84 Å². The largest absolute Gasteiger partial charge is 0.494 e. The van der Waals surface area contributed by atoms with Crippen molar-refractivity contribution in [3.05, 3.63) is 29.3 Å². The van der Waals surface area contributed by atoms with Gasteiger partial charge in [-0.1, -0.05) is 6.07 Å². The molecule has 2 rings (SSSR count). The molecular weight excluding hydrogens is 202 g/mol. The van der Waals surface area contributed by atoms with Gasteiger partial charge in [0.05, 0.1) is 12.2 Å². The molecule has 0 radical (unpaired) electrons. The summed E-state index contributed by atoms with van der Waals surface area (Å²) in [5.41, 5.74) is 1.84. The molecule has 1 aromatic carbocycles. The van der Waals surface area contributed by atoms with Gasteiger partial charge in [-0.05, 0) is 37.1 Å². The lowest BCUT2D eigenvalue weighted by molar-refractivity contribution is -0.00915. The molecule has 1 fully saturated rings. The number of aryl methyl sites for hydroxylation is 1. The first-order chi connectivity index (χ1) is 7.63. The molecule has 0 amide bonds. The summed E-state index contributed by atoms with van der Waals surface area (Å²) in [7, 11) is 0. The van der Waals surface area contributed by atoms with Crippen molar-refractivity contribution in [3.63, 3.8) is 0 Å². The van der Waals surface area contributed by atoms with Crippen LogP contribution >= 0.6 is 0 Å². The van der Waals surface area contributed by atoms with Gasteiger partial charge in [0.25, 0.3) is 0 Å². The first-order valence-electron chi connectivity index (χ1n) is 5.78. The third-order valence-electron chi connectivity index (χ3n) is 3.05. The maximum atomic E-state index is 10.1. The average Bonchev–Trinajstić information content (AvgIpc) is 2.20. The summed E-state index contributed by atoms with van der Waals surface area (Å²) in [5, 5.41) is 13.2. The van der Waals surface area contributed by atoms with Crippen LogP contribution in [-0.2, 0) is 6.42 Å². The molecule has 0 spiro atoms. The SMILES string of the molecule is CCOc1ccc(CC2(O)CNC2)c(C)c1. The number of nitrogens with one attached hydrogen (secondary N) is 1. The van der Waals surface area contributed by atoms with Crippen molar-refractivity contribution >= 4 is 0 Å². The molecule has 1 saturated heterocycles. The van der Waals surface area contributed by atoms with Crippen LogP contribution in [0.3, 0.4) is 0 Å². The van der Waals surface area contributed by atoms with E-state index >= 15 is 0 Å². The van der Waals surface area contributed by atoms with E-state index < -0.39 is 5.60 Å². The van der Waals surface area contributed by atoms with Crippen LogP contribution in [0.2, 0.25) is 0 Å². The summed E-state index contributed by atoms with van der Waals surface area (Å²) in [6, 6.07) is 6.06. The maximum absolute atomic E-state index is 10.1. The Kier molecular flexibility index (Phi) is 3.17. The zero-order valence-corrected chi connectivity index (χ0v) is 9.92. The van der Waals surface area contributed by atoms with Crippen molar-refractivity contribution in [2.24, 2.45) is 0 Å². The molecule has 1 aromatic rings. The molecule has 0 unspecified atom stereocenters. The van der Waals surface area contributed by atoms with E-state index in [2.05, 4.69) is 18.3 Å². The van der Waals surface area contributed by atoms with Crippen LogP contribution in [0, 0.1) is 6.92 Å². The quantitative estimate of drug-likeness (QED) is 0.804. The summed E-state index contributed by atoms with van der Waals surface area (Å²) in [6.45, 7) is 6.12. The van der Waals surface area contributed by atoms with Crippen molar-refractivity contribution in [3.8, 4) is 5.75 Å². The summed E-state index contributed by atoms with van der Waals surface area (Å²) in [6.07, 6.45) is 0.720. The molecule has 0 bridgehead atoms. The predicted octanol–water partition coefficient (Wildman–Crippen LogP) is 1.27. The zero-order valence-electron chi connectivity index (χ0n) is 9.92. The molecule has 1 aliphatic rings. The van der Waals surface area contributed by atoms with Crippen LogP contribution in [0.5, 0.6) is 5.75 Å². The van der Waals surface area contributed by atoms with E-state index in [9.17, 15) is 5.11 Å². The third kappa shape index (κ3) is 2.36. The number of hydrogen-bond donors (Lipinski definition) is 2. The van der Waals surface area contributed by atoms with E-state index in [1.54, 1.807) is 0 Å². The van der Waals surface area contributed by atoms with Gasteiger partial charge in [0.2, 0.25) is 0 Å². The van der Waals surface area contributed by atoms with Crippen molar-refractivity contribution in [1.82, 2.24) is 5.32 Å². The minimum Gasteiger partial charge on any atom is -0.494 e. The Morgan fingerprint density at radius 1 is 1.44 bits per heavy atom. The van der Waals surface area contributed by atoms with E-state index in [0.29, 0.717) is 19.7 Å². The zero-order chi connectivity index (χ0) is 11.6. The fourth-order valence-corrected chi connectivity index (χ4v) is 2.02. The first-order valence-corrected chi connectivity index (χ1v) is 5.78. The van der Waals surface area contributed by atoms with Gasteiger partial charge in [0.15, 0.2) is 0 Å². The van der Waals surface area contributed by atoms with Crippen LogP contribution in [0.1, 0.15) is 18.1 Å². The molecule has 1 heterocycles. The van der Waals surface area contributed by atoms with Gasteiger partial charge in [0, 0.05) is 19.5 Å². The fraction of sp³-hybridized carbons (Fsp3) is 0.538. The van der Waals surface area contributed by atoms with Gasteiger partial charge in [-0.25, -0.2) is 0 Å². The van der Waals surface area contributed by atoms with Gasteiger partial charge in [-0.2, -0.15) is 0 Å². The molecule has 3 heteroatoms. The second-order valence-electron chi connectivity index (χ2n) is 4.53. The molecule has 0 atom stereocenters. The monoisotopic (exact) mass is 221 g/mol. The lowest BCUT2D eigenvalue weighted by atomic mass is 9.87. The minimum atomic E-state index is -0.544. The minimum absolute atomic E-state index is 0.544. The molecule has 1 aliphatic heterocycles. The molecule has 0 aromatic heterocycles. The summed E-state index contributed by atoms with van der Waals surface area (Å²) in [5.74, 6) is 0.905.